The van der Waals surface area contributed by atoms with Crippen LogP contribution in [0.1, 0.15) is 56.1 Å². The molecule has 0 aliphatic carbocycles. The molecule has 3 aromatic rings. The maximum Gasteiger partial charge on any atom is 0.258 e. The van der Waals surface area contributed by atoms with Crippen LogP contribution in [0.4, 0.5) is 17.1 Å². The number of anilines is 3. The van der Waals surface area contributed by atoms with E-state index in [1.807, 2.05) is 12.1 Å². The van der Waals surface area contributed by atoms with Gasteiger partial charge in [0.2, 0.25) is 10.0 Å². The Hall–Kier alpha value is -3.56. The molecule has 0 unspecified atom stereocenters. The number of rotatable bonds is 5. The van der Waals surface area contributed by atoms with Crippen molar-refractivity contribution in [3.8, 4) is 16.9 Å². The van der Waals surface area contributed by atoms with Gasteiger partial charge in [-0.3, -0.25) is 9.52 Å². The van der Waals surface area contributed by atoms with Crippen molar-refractivity contribution in [1.29, 1.82) is 0 Å². The lowest BCUT2D eigenvalue weighted by Crippen LogP contribution is -2.45. The van der Waals surface area contributed by atoms with Crippen molar-refractivity contribution in [2.45, 2.75) is 58.7 Å². The van der Waals surface area contributed by atoms with Gasteiger partial charge in [-0.25, -0.2) is 8.42 Å². The predicted octanol–water partition coefficient (Wildman–Crippen LogP) is 5.54. The molecule has 2 N–H and O–H groups in total. The summed E-state index contributed by atoms with van der Waals surface area (Å²) < 4.78 is 31.8. The minimum absolute atomic E-state index is 0.00740. The molecule has 9 heteroatoms. The molecule has 41 heavy (non-hydrogen) atoms. The highest BCUT2D eigenvalue weighted by Gasteiger charge is 2.29. The third-order valence-corrected chi connectivity index (χ3v) is 8.30. The molecule has 8 nitrogen and oxygen atoms in total. The average Bonchev–Trinajstić information content (AvgIpc) is 2.88. The Balaban J connectivity index is 1.49. The molecule has 0 saturated carbocycles. The number of nitrogens with one attached hydrogen (secondary N) is 1. The summed E-state index contributed by atoms with van der Waals surface area (Å²) in [6.07, 6.45) is 1.92. The monoisotopic (exact) mass is 577 g/mol. The smallest absolute Gasteiger partial charge is 0.258 e. The number of amides is 1. The van der Waals surface area contributed by atoms with Crippen LogP contribution >= 0.6 is 0 Å². The van der Waals surface area contributed by atoms with Crippen LogP contribution < -0.4 is 14.5 Å². The van der Waals surface area contributed by atoms with Gasteiger partial charge in [-0.2, -0.15) is 0 Å². The quantitative estimate of drug-likeness (QED) is 0.386. The molecule has 2 atom stereocenters. The van der Waals surface area contributed by atoms with Gasteiger partial charge in [-0.15, -0.1) is 0 Å². The first-order valence-corrected chi connectivity index (χ1v) is 15.9. The molecular formula is C32H39N3O5S. The van der Waals surface area contributed by atoms with Gasteiger partial charge in [0.1, 0.15) is 5.75 Å². The number of phenols is 1. The second-order valence-corrected chi connectivity index (χ2v) is 14.0. The zero-order valence-corrected chi connectivity index (χ0v) is 25.4. The van der Waals surface area contributed by atoms with E-state index < -0.39 is 10.0 Å². The SMILES string of the molecule is C[C@H]1CN(c2cc(C(C)(C)C)ccc2-c2ccc3c(c2)CCN(c2ccc(O)c(NS(C)(=O)=O)c2)C3=O)C[C@H](C)O1. The molecule has 0 bridgehead atoms. The molecule has 0 aromatic heterocycles. The average molecular weight is 578 g/mol. The Morgan fingerprint density at radius 3 is 2.29 bits per heavy atom. The summed E-state index contributed by atoms with van der Waals surface area (Å²) >= 11 is 0. The fraction of sp³-hybridized carbons (Fsp3) is 0.406. The van der Waals surface area contributed by atoms with E-state index in [-0.39, 0.29) is 35.0 Å². The highest BCUT2D eigenvalue weighted by molar-refractivity contribution is 7.92. The molecule has 2 aliphatic rings. The topological polar surface area (TPSA) is 99.2 Å². The van der Waals surface area contributed by atoms with Crippen LogP contribution in [0.2, 0.25) is 0 Å². The predicted molar refractivity (Wildman–Crippen MR) is 165 cm³/mol. The van der Waals surface area contributed by atoms with Gasteiger partial charge in [0.05, 0.1) is 24.2 Å². The van der Waals surface area contributed by atoms with Crippen molar-refractivity contribution >= 4 is 33.0 Å². The Bertz CT molecular complexity index is 1590. The van der Waals surface area contributed by atoms with Gasteiger partial charge in [0.15, 0.2) is 0 Å². The summed E-state index contributed by atoms with van der Waals surface area (Å²) in [5.41, 5.74) is 6.81. The van der Waals surface area contributed by atoms with Crippen molar-refractivity contribution in [2.24, 2.45) is 0 Å². The lowest BCUT2D eigenvalue weighted by atomic mass is 9.84. The molecule has 2 aliphatic heterocycles. The maximum atomic E-state index is 13.6. The number of carbonyl (C=O) groups excluding carboxylic acids is 1. The van der Waals surface area contributed by atoms with E-state index in [2.05, 4.69) is 68.5 Å². The van der Waals surface area contributed by atoms with E-state index in [4.69, 9.17) is 4.74 Å². The van der Waals surface area contributed by atoms with E-state index in [0.29, 0.717) is 24.2 Å². The number of aromatic hydroxyl groups is 1. The Kier molecular flexibility index (Phi) is 7.55. The van der Waals surface area contributed by atoms with E-state index in [1.165, 1.54) is 23.4 Å². The lowest BCUT2D eigenvalue weighted by molar-refractivity contribution is -0.00519. The third kappa shape index (κ3) is 6.21. The number of hydrogen-bond acceptors (Lipinski definition) is 6. The minimum atomic E-state index is -3.59. The van der Waals surface area contributed by atoms with E-state index in [9.17, 15) is 18.3 Å². The molecule has 2 heterocycles. The molecule has 1 saturated heterocycles. The van der Waals surface area contributed by atoms with Crippen molar-refractivity contribution in [2.75, 3.05) is 40.4 Å². The van der Waals surface area contributed by atoms with Crippen LogP contribution in [0.5, 0.6) is 5.75 Å². The van der Waals surface area contributed by atoms with Crippen molar-refractivity contribution < 1.29 is 23.1 Å². The van der Waals surface area contributed by atoms with Gasteiger partial charge >= 0.3 is 0 Å². The van der Waals surface area contributed by atoms with Crippen LogP contribution in [0, 0.1) is 0 Å². The zero-order chi connectivity index (χ0) is 29.7. The summed E-state index contributed by atoms with van der Waals surface area (Å²) in [6.45, 7) is 13.0. The highest BCUT2D eigenvalue weighted by Crippen LogP contribution is 2.39. The van der Waals surface area contributed by atoms with Crippen LogP contribution in [-0.2, 0) is 26.6 Å². The lowest BCUT2D eigenvalue weighted by Gasteiger charge is -2.38. The summed E-state index contributed by atoms with van der Waals surface area (Å²) in [4.78, 5) is 17.6. The number of hydrogen-bond donors (Lipinski definition) is 2. The maximum absolute atomic E-state index is 13.6. The first-order chi connectivity index (χ1) is 19.2. The summed E-state index contributed by atoms with van der Waals surface area (Å²) in [7, 11) is -3.59. The van der Waals surface area contributed by atoms with Gasteiger partial charge in [-0.05, 0) is 72.7 Å². The number of ether oxygens (including phenoxy) is 1. The number of fused-ring (bicyclic) bond motifs is 1. The Morgan fingerprint density at radius 2 is 1.63 bits per heavy atom. The van der Waals surface area contributed by atoms with E-state index in [0.717, 1.165) is 36.0 Å². The fourth-order valence-electron chi connectivity index (χ4n) is 5.75. The number of carbonyl (C=O) groups is 1. The Morgan fingerprint density at radius 1 is 0.951 bits per heavy atom. The second-order valence-electron chi connectivity index (χ2n) is 12.3. The number of benzene rings is 3. The molecule has 1 fully saturated rings. The summed E-state index contributed by atoms with van der Waals surface area (Å²) in [6, 6.07) is 17.2. The van der Waals surface area contributed by atoms with Crippen LogP contribution in [0.25, 0.3) is 11.1 Å². The van der Waals surface area contributed by atoms with E-state index in [1.54, 1.807) is 11.0 Å². The highest BCUT2D eigenvalue weighted by atomic mass is 32.2. The molecule has 5 rings (SSSR count). The summed E-state index contributed by atoms with van der Waals surface area (Å²) in [5, 5.41) is 10.1. The fourth-order valence-corrected chi connectivity index (χ4v) is 6.32. The van der Waals surface area contributed by atoms with E-state index >= 15 is 0 Å². The van der Waals surface area contributed by atoms with Crippen molar-refractivity contribution in [3.05, 3.63) is 71.3 Å². The molecule has 1 amide bonds. The largest absolute Gasteiger partial charge is 0.506 e. The van der Waals surface area contributed by atoms with Gasteiger partial charge in [0.25, 0.3) is 5.91 Å². The van der Waals surface area contributed by atoms with Gasteiger partial charge < -0.3 is 19.6 Å². The zero-order valence-electron chi connectivity index (χ0n) is 24.6. The van der Waals surface area contributed by atoms with Gasteiger partial charge in [0, 0.05) is 42.1 Å². The van der Waals surface area contributed by atoms with Gasteiger partial charge in [-0.1, -0.05) is 45.0 Å². The number of nitrogens with zero attached hydrogens (tertiary/aromatic N) is 2. The molecular weight excluding hydrogens is 538 g/mol. The first kappa shape index (κ1) is 29.0. The molecule has 0 radical (unpaired) electrons. The standard InChI is InChI=1S/C32H39N3O5S/c1-20-18-34(19-21(2)40-20)29-16-24(32(3,4)5)8-11-26(29)22-7-10-27-23(15-22)13-14-35(31(27)37)25-9-12-30(36)28(17-25)33-41(6,38)39/h7-12,15-17,20-21,33,36H,13-14,18-19H2,1-6H3/t20-,21-/m0/s1. The second kappa shape index (κ2) is 10.7. The molecule has 0 spiro atoms. The van der Waals surface area contributed by atoms with Crippen LogP contribution in [-0.4, -0.2) is 57.5 Å². The number of phenolic OH excluding ortho intramolecular Hbond substituents is 1. The Labute approximate surface area is 243 Å². The van der Waals surface area contributed by atoms with Crippen LogP contribution in [0.15, 0.2) is 54.6 Å². The van der Waals surface area contributed by atoms with Crippen LogP contribution in [0.3, 0.4) is 0 Å². The number of sulfonamides is 1. The van der Waals surface area contributed by atoms with Crippen molar-refractivity contribution in [1.82, 2.24) is 0 Å². The summed E-state index contributed by atoms with van der Waals surface area (Å²) in [5.74, 6) is -0.362. The molecule has 3 aromatic carbocycles. The number of morpholine rings is 1. The molecule has 218 valence electrons. The minimum Gasteiger partial charge on any atom is -0.506 e. The first-order valence-electron chi connectivity index (χ1n) is 14.0. The van der Waals surface area contributed by atoms with Crippen molar-refractivity contribution in [3.63, 3.8) is 0 Å². The third-order valence-electron chi connectivity index (χ3n) is 7.71. The normalized spacial score (nSPS) is 19.7.